The summed E-state index contributed by atoms with van der Waals surface area (Å²) in [6, 6.07) is 0.957. The van der Waals surface area contributed by atoms with E-state index in [1.54, 1.807) is 24.1 Å². The van der Waals surface area contributed by atoms with Gasteiger partial charge in [0.25, 0.3) is 0 Å². The van der Waals surface area contributed by atoms with Crippen LogP contribution in [0, 0.1) is 0 Å². The fraction of sp³-hybridized carbons (Fsp3) is 0.629. The zero-order chi connectivity index (χ0) is 40.9. The van der Waals surface area contributed by atoms with E-state index in [9.17, 15) is 43.5 Å². The molecule has 1 aromatic heterocycles. The zero-order valence-corrected chi connectivity index (χ0v) is 30.7. The molecule has 3 amide bonds. The van der Waals surface area contributed by atoms with E-state index < -0.39 is 60.4 Å². The van der Waals surface area contributed by atoms with Crippen LogP contribution in [0.4, 0.5) is 4.79 Å². The van der Waals surface area contributed by atoms with Crippen molar-refractivity contribution in [3.8, 4) is 0 Å². The van der Waals surface area contributed by atoms with E-state index in [-0.39, 0.29) is 43.9 Å². The lowest BCUT2D eigenvalue weighted by Gasteiger charge is -2.20. The number of aromatic nitrogens is 1. The van der Waals surface area contributed by atoms with E-state index in [1.807, 2.05) is 17.4 Å². The van der Waals surface area contributed by atoms with E-state index in [1.165, 1.54) is 0 Å². The maximum atomic E-state index is 12.1. The fourth-order valence-corrected chi connectivity index (χ4v) is 4.98. The maximum absolute atomic E-state index is 12.1. The van der Waals surface area contributed by atoms with Crippen molar-refractivity contribution in [2.24, 2.45) is 5.73 Å². The van der Waals surface area contributed by atoms with Crippen LogP contribution in [-0.4, -0.2) is 121 Å². The number of nitrogens with zero attached hydrogens (tertiary/aromatic N) is 2. The average Bonchev–Trinajstić information content (AvgIpc) is 3.09. The van der Waals surface area contributed by atoms with Crippen molar-refractivity contribution < 1.29 is 63.9 Å². The van der Waals surface area contributed by atoms with Gasteiger partial charge in [-0.2, -0.15) is 0 Å². The van der Waals surface area contributed by atoms with Crippen LogP contribution in [0.1, 0.15) is 103 Å². The zero-order valence-electron chi connectivity index (χ0n) is 30.7. The quantitative estimate of drug-likeness (QED) is 0.0525. The number of carbonyl (C=O) groups excluding carboxylic acids is 3. The van der Waals surface area contributed by atoms with Crippen molar-refractivity contribution in [3.05, 3.63) is 30.1 Å². The SMILES string of the molecule is CC(=O)CCCCCCC(=O)NC(CCCCN(CC(=O)O)Cc1ccccn1)C(=O)O.NCCCC[C@H](NC(=O)N[C@@H](CCC(=O)O)C(=O)O)C(=O)O. The van der Waals surface area contributed by atoms with Gasteiger partial charge in [-0.15, -0.1) is 0 Å². The van der Waals surface area contributed by atoms with Crippen LogP contribution < -0.4 is 21.7 Å². The third-order valence-electron chi connectivity index (χ3n) is 7.80. The molecule has 3 atom stereocenters. The fourth-order valence-electron chi connectivity index (χ4n) is 4.98. The second-order valence-electron chi connectivity index (χ2n) is 12.6. The van der Waals surface area contributed by atoms with Gasteiger partial charge in [-0.1, -0.05) is 18.9 Å². The van der Waals surface area contributed by atoms with Gasteiger partial charge in [-0.25, -0.2) is 19.2 Å². The van der Waals surface area contributed by atoms with Gasteiger partial charge in [0.05, 0.1) is 12.2 Å². The van der Waals surface area contributed by atoms with Crippen LogP contribution in [0.2, 0.25) is 0 Å². The first-order chi connectivity index (χ1) is 25.5. The lowest BCUT2D eigenvalue weighted by Crippen LogP contribution is -2.51. The number of carboxylic acid groups (broad SMARTS) is 5. The Bertz CT molecular complexity index is 1330. The number of pyridine rings is 1. The smallest absolute Gasteiger partial charge is 0.326 e. The van der Waals surface area contributed by atoms with Crippen LogP contribution in [0.25, 0.3) is 0 Å². The number of ketones is 1. The van der Waals surface area contributed by atoms with Gasteiger partial charge in [0.1, 0.15) is 23.9 Å². The molecule has 0 radical (unpaired) electrons. The molecular formula is C35H56N6O13. The summed E-state index contributed by atoms with van der Waals surface area (Å²) in [5.74, 6) is -5.97. The number of urea groups is 1. The highest BCUT2D eigenvalue weighted by Gasteiger charge is 2.25. The second kappa shape index (κ2) is 29.3. The number of rotatable bonds is 29. The number of aliphatic carboxylic acids is 5. The minimum atomic E-state index is -1.41. The summed E-state index contributed by atoms with van der Waals surface area (Å²) in [6.45, 7) is 2.72. The van der Waals surface area contributed by atoms with Gasteiger partial charge < -0.3 is 52.0 Å². The number of Topliss-reactive ketones (excluding diaryl/α,β-unsaturated/α-hetero) is 1. The molecule has 0 aromatic carbocycles. The number of carboxylic acids is 5. The Morgan fingerprint density at radius 2 is 1.22 bits per heavy atom. The van der Waals surface area contributed by atoms with Crippen molar-refractivity contribution in [1.29, 1.82) is 0 Å². The van der Waals surface area contributed by atoms with Crippen molar-refractivity contribution in [1.82, 2.24) is 25.8 Å². The summed E-state index contributed by atoms with van der Waals surface area (Å²) in [4.78, 5) is 95.5. The summed E-state index contributed by atoms with van der Waals surface area (Å²) < 4.78 is 0. The first-order valence-corrected chi connectivity index (χ1v) is 17.9. The molecule has 0 saturated heterocycles. The van der Waals surface area contributed by atoms with Crippen LogP contribution >= 0.6 is 0 Å². The molecule has 10 N–H and O–H groups in total. The average molecular weight is 769 g/mol. The lowest BCUT2D eigenvalue weighted by molar-refractivity contribution is -0.142. The molecule has 0 aliphatic rings. The van der Waals surface area contributed by atoms with Gasteiger partial charge in [-0.05, 0) is 89.9 Å². The molecule has 0 aliphatic heterocycles. The highest BCUT2D eigenvalue weighted by atomic mass is 16.4. The number of amides is 3. The van der Waals surface area contributed by atoms with Gasteiger partial charge >= 0.3 is 35.9 Å². The molecule has 0 spiro atoms. The molecular weight excluding hydrogens is 712 g/mol. The number of carbonyl (C=O) groups is 8. The first kappa shape index (κ1) is 48.8. The van der Waals surface area contributed by atoms with Gasteiger partial charge in [0.15, 0.2) is 0 Å². The van der Waals surface area contributed by atoms with Crippen molar-refractivity contribution in [3.63, 3.8) is 0 Å². The van der Waals surface area contributed by atoms with Crippen molar-refractivity contribution in [2.75, 3.05) is 19.6 Å². The Hall–Kier alpha value is -5.17. The molecule has 0 fully saturated rings. The first-order valence-electron chi connectivity index (χ1n) is 17.9. The molecule has 1 rings (SSSR count). The molecule has 19 heteroatoms. The lowest BCUT2D eigenvalue weighted by atomic mass is 10.1. The number of hydrogen-bond donors (Lipinski definition) is 9. The molecule has 54 heavy (non-hydrogen) atoms. The summed E-state index contributed by atoms with van der Waals surface area (Å²) in [5, 5.41) is 51.7. The Labute approximate surface area is 314 Å². The number of nitrogens with two attached hydrogens (primary N) is 1. The molecule has 1 heterocycles. The van der Waals surface area contributed by atoms with Crippen molar-refractivity contribution in [2.45, 2.75) is 121 Å². The normalized spacial score (nSPS) is 12.3. The third kappa shape index (κ3) is 26.6. The van der Waals surface area contributed by atoms with E-state index in [0.717, 1.165) is 25.0 Å². The topological polar surface area (TPSA) is 316 Å². The van der Waals surface area contributed by atoms with Crippen LogP contribution in [-0.2, 0) is 40.1 Å². The molecule has 1 aromatic rings. The van der Waals surface area contributed by atoms with Gasteiger partial charge in [0, 0.05) is 32.0 Å². The minimum absolute atomic E-state index is 0.123. The predicted molar refractivity (Wildman–Crippen MR) is 193 cm³/mol. The Morgan fingerprint density at radius 1 is 0.667 bits per heavy atom. The summed E-state index contributed by atoms with van der Waals surface area (Å²) in [6.07, 6.45) is 7.60. The highest BCUT2D eigenvalue weighted by Crippen LogP contribution is 2.09. The molecule has 0 aliphatic carbocycles. The number of unbranched alkanes of at least 4 members (excludes halogenated alkanes) is 5. The van der Waals surface area contributed by atoms with Crippen LogP contribution in [0.3, 0.4) is 0 Å². The van der Waals surface area contributed by atoms with E-state index in [2.05, 4.69) is 15.6 Å². The van der Waals surface area contributed by atoms with E-state index in [0.29, 0.717) is 58.2 Å². The summed E-state index contributed by atoms with van der Waals surface area (Å²) in [5.41, 5.74) is 6.06. The standard InChI is InChI=1S/C23H35N3O6.C12H21N3O7/c1-18(27)10-4-2-3-5-13-21(28)25-20(23(31)32)12-7-9-15-26(17-22(29)30)16-19-11-6-8-14-24-19;13-6-2-1-3-7(10(18)19)14-12(22)15-8(11(20)21)4-5-9(16)17/h6,8,11,14,20H,2-5,7,9-10,12-13,15-17H2,1H3,(H,25,28)(H,29,30)(H,31,32);7-8H,1-6,13H2,(H,16,17)(H,18,19)(H,20,21)(H2,14,15,22)/t;7-,8-/m.0/s1. The summed E-state index contributed by atoms with van der Waals surface area (Å²) in [7, 11) is 0. The number of hydrogen-bond acceptors (Lipinski definition) is 11. The van der Waals surface area contributed by atoms with Crippen molar-refractivity contribution >= 4 is 47.6 Å². The Kier molecular flexibility index (Phi) is 26.5. The number of nitrogens with one attached hydrogen (secondary N) is 3. The highest BCUT2D eigenvalue weighted by molar-refractivity contribution is 5.86. The van der Waals surface area contributed by atoms with Gasteiger partial charge in [0.2, 0.25) is 5.91 Å². The Balaban J connectivity index is 0.00000112. The summed E-state index contributed by atoms with van der Waals surface area (Å²) >= 11 is 0. The van der Waals surface area contributed by atoms with Crippen LogP contribution in [0.15, 0.2) is 24.4 Å². The molecule has 0 bridgehead atoms. The molecule has 1 unspecified atom stereocenters. The van der Waals surface area contributed by atoms with E-state index in [4.69, 9.17) is 26.2 Å². The van der Waals surface area contributed by atoms with Gasteiger partial charge in [-0.3, -0.25) is 24.3 Å². The molecule has 0 saturated carbocycles. The second-order valence-corrected chi connectivity index (χ2v) is 12.6. The largest absolute Gasteiger partial charge is 0.481 e. The third-order valence-corrected chi connectivity index (χ3v) is 7.80. The predicted octanol–water partition coefficient (Wildman–Crippen LogP) is 1.82. The minimum Gasteiger partial charge on any atom is -0.481 e. The molecule has 19 nitrogen and oxygen atoms in total. The van der Waals surface area contributed by atoms with E-state index >= 15 is 0 Å². The molecule has 304 valence electrons. The Morgan fingerprint density at radius 3 is 1.72 bits per heavy atom. The monoisotopic (exact) mass is 768 g/mol. The van der Waals surface area contributed by atoms with Crippen LogP contribution in [0.5, 0.6) is 0 Å². The maximum Gasteiger partial charge on any atom is 0.326 e.